The summed E-state index contributed by atoms with van der Waals surface area (Å²) in [6.07, 6.45) is 4.29. The lowest BCUT2D eigenvalue weighted by molar-refractivity contribution is 0.0578. The molecule has 19 heavy (non-hydrogen) atoms. The molecule has 0 bridgehead atoms. The van der Waals surface area contributed by atoms with Crippen LogP contribution in [0.15, 0.2) is 4.42 Å². The van der Waals surface area contributed by atoms with Crippen molar-refractivity contribution in [2.45, 2.75) is 52.5 Å². The van der Waals surface area contributed by atoms with Gasteiger partial charge in [-0.3, -0.25) is 4.79 Å². The Kier molecular flexibility index (Phi) is 4.56. The van der Waals surface area contributed by atoms with Crippen molar-refractivity contribution in [1.29, 1.82) is 0 Å². The molecule has 0 aliphatic heterocycles. The molecule has 1 aromatic rings. The van der Waals surface area contributed by atoms with Crippen molar-refractivity contribution < 1.29 is 9.21 Å². The molecule has 0 atom stereocenters. The SMILES string of the molecule is Cc1oc(C)c(C(=O)N(CCCCl)C2CCC2)c1C. The number of carbonyl (C=O) groups is 1. The largest absolute Gasteiger partial charge is 0.466 e. The van der Waals surface area contributed by atoms with E-state index in [1.165, 1.54) is 6.42 Å². The van der Waals surface area contributed by atoms with Crippen LogP contribution in [0.4, 0.5) is 0 Å². The average molecular weight is 284 g/mol. The van der Waals surface area contributed by atoms with Gasteiger partial charge in [0, 0.05) is 24.0 Å². The van der Waals surface area contributed by atoms with Crippen LogP contribution in [0.3, 0.4) is 0 Å². The second-order valence-electron chi connectivity index (χ2n) is 5.34. The van der Waals surface area contributed by atoms with E-state index in [2.05, 4.69) is 0 Å². The van der Waals surface area contributed by atoms with E-state index in [9.17, 15) is 4.79 Å². The lowest BCUT2D eigenvalue weighted by Gasteiger charge is -2.37. The van der Waals surface area contributed by atoms with Crippen molar-refractivity contribution in [3.05, 3.63) is 22.6 Å². The third-order valence-corrected chi connectivity index (χ3v) is 4.35. The third kappa shape index (κ3) is 2.81. The van der Waals surface area contributed by atoms with Crippen LogP contribution in [0.1, 0.15) is 53.1 Å². The van der Waals surface area contributed by atoms with Gasteiger partial charge in [0.05, 0.1) is 5.56 Å². The van der Waals surface area contributed by atoms with E-state index in [4.69, 9.17) is 16.0 Å². The Morgan fingerprint density at radius 1 is 1.32 bits per heavy atom. The van der Waals surface area contributed by atoms with E-state index in [1.54, 1.807) is 0 Å². The minimum atomic E-state index is 0.113. The lowest BCUT2D eigenvalue weighted by atomic mass is 9.90. The second-order valence-corrected chi connectivity index (χ2v) is 5.72. The van der Waals surface area contributed by atoms with E-state index < -0.39 is 0 Å². The number of hydrogen-bond donors (Lipinski definition) is 0. The van der Waals surface area contributed by atoms with Crippen molar-refractivity contribution in [3.63, 3.8) is 0 Å². The fourth-order valence-electron chi connectivity index (χ4n) is 2.63. The van der Waals surface area contributed by atoms with Crippen LogP contribution in [0.2, 0.25) is 0 Å². The molecule has 0 unspecified atom stereocenters. The van der Waals surface area contributed by atoms with Crippen molar-refractivity contribution in [3.8, 4) is 0 Å². The Bertz CT molecular complexity index is 463. The number of nitrogens with zero attached hydrogens (tertiary/aromatic N) is 1. The molecule has 1 saturated carbocycles. The van der Waals surface area contributed by atoms with E-state index in [0.29, 0.717) is 11.9 Å². The number of carbonyl (C=O) groups excluding carboxylic acids is 1. The van der Waals surface area contributed by atoms with Crippen LogP contribution < -0.4 is 0 Å². The van der Waals surface area contributed by atoms with Crippen molar-refractivity contribution >= 4 is 17.5 Å². The standard InChI is InChI=1S/C15H22ClNO2/c1-10-11(2)19-12(3)14(10)15(18)17(9-5-8-16)13-6-4-7-13/h13H,4-9H2,1-3H3. The van der Waals surface area contributed by atoms with Crippen LogP contribution in [0.25, 0.3) is 0 Å². The Balaban J connectivity index is 2.22. The zero-order chi connectivity index (χ0) is 14.0. The molecule has 1 aliphatic rings. The van der Waals surface area contributed by atoms with Gasteiger partial charge in [-0.05, 0) is 46.5 Å². The topological polar surface area (TPSA) is 33.5 Å². The fraction of sp³-hybridized carbons (Fsp3) is 0.667. The van der Waals surface area contributed by atoms with Crippen LogP contribution in [-0.4, -0.2) is 29.3 Å². The highest BCUT2D eigenvalue weighted by atomic mass is 35.5. The molecule has 0 N–H and O–H groups in total. The Morgan fingerprint density at radius 3 is 2.42 bits per heavy atom. The molecule has 1 aromatic heterocycles. The molecule has 0 spiro atoms. The summed E-state index contributed by atoms with van der Waals surface area (Å²) >= 11 is 5.77. The summed E-state index contributed by atoms with van der Waals surface area (Å²) in [5, 5.41) is 0. The molecule has 1 aliphatic carbocycles. The number of rotatable bonds is 5. The molecule has 0 radical (unpaired) electrons. The molecule has 4 heteroatoms. The molecular weight excluding hydrogens is 262 g/mol. The van der Waals surface area contributed by atoms with E-state index >= 15 is 0 Å². The van der Waals surface area contributed by atoms with Gasteiger partial charge >= 0.3 is 0 Å². The van der Waals surface area contributed by atoms with Crippen LogP contribution in [-0.2, 0) is 0 Å². The highest BCUT2D eigenvalue weighted by molar-refractivity contribution is 6.17. The molecule has 1 fully saturated rings. The molecule has 1 amide bonds. The highest BCUT2D eigenvalue weighted by Gasteiger charge is 2.31. The number of alkyl halides is 1. The number of aryl methyl sites for hydroxylation is 2. The summed E-state index contributed by atoms with van der Waals surface area (Å²) in [7, 11) is 0. The highest BCUT2D eigenvalue weighted by Crippen LogP contribution is 2.29. The quantitative estimate of drug-likeness (QED) is 0.770. The summed E-state index contributed by atoms with van der Waals surface area (Å²) < 4.78 is 5.58. The van der Waals surface area contributed by atoms with E-state index in [1.807, 2.05) is 25.7 Å². The Hall–Kier alpha value is -0.960. The number of amides is 1. The predicted octanol–water partition coefficient (Wildman–Crippen LogP) is 3.83. The summed E-state index contributed by atoms with van der Waals surface area (Å²) in [6.45, 7) is 6.48. The van der Waals surface area contributed by atoms with Gasteiger partial charge in [-0.15, -0.1) is 11.6 Å². The van der Waals surface area contributed by atoms with Gasteiger partial charge < -0.3 is 9.32 Å². The maximum atomic E-state index is 12.8. The maximum Gasteiger partial charge on any atom is 0.257 e. The van der Waals surface area contributed by atoms with Gasteiger partial charge in [0.2, 0.25) is 0 Å². The van der Waals surface area contributed by atoms with Crippen molar-refractivity contribution in [1.82, 2.24) is 4.90 Å². The van der Waals surface area contributed by atoms with E-state index in [0.717, 1.165) is 48.5 Å². The van der Waals surface area contributed by atoms with Crippen LogP contribution >= 0.6 is 11.6 Å². The Labute approximate surface area is 119 Å². The number of hydrogen-bond acceptors (Lipinski definition) is 2. The molecular formula is C15H22ClNO2. The average Bonchev–Trinajstić information content (AvgIpc) is 2.55. The minimum absolute atomic E-state index is 0.113. The first-order chi connectivity index (χ1) is 9.06. The van der Waals surface area contributed by atoms with Gasteiger partial charge in [-0.1, -0.05) is 0 Å². The molecule has 106 valence electrons. The Morgan fingerprint density at radius 2 is 2.00 bits per heavy atom. The monoisotopic (exact) mass is 283 g/mol. The molecule has 1 heterocycles. The van der Waals surface area contributed by atoms with Gasteiger partial charge in [-0.25, -0.2) is 0 Å². The molecule has 2 rings (SSSR count). The lowest BCUT2D eigenvalue weighted by Crippen LogP contribution is -2.45. The zero-order valence-corrected chi connectivity index (χ0v) is 12.7. The fourth-order valence-corrected chi connectivity index (χ4v) is 2.75. The molecule has 0 aromatic carbocycles. The second kappa shape index (κ2) is 6.00. The summed E-state index contributed by atoms with van der Waals surface area (Å²) in [6, 6.07) is 0.393. The van der Waals surface area contributed by atoms with Gasteiger partial charge in [0.25, 0.3) is 5.91 Å². The van der Waals surface area contributed by atoms with Crippen LogP contribution in [0.5, 0.6) is 0 Å². The van der Waals surface area contributed by atoms with Gasteiger partial charge in [0.1, 0.15) is 11.5 Å². The van der Waals surface area contributed by atoms with Gasteiger partial charge in [0.15, 0.2) is 0 Å². The summed E-state index contributed by atoms with van der Waals surface area (Å²) in [4.78, 5) is 14.8. The first-order valence-electron chi connectivity index (χ1n) is 6.99. The molecule has 0 saturated heterocycles. The first kappa shape index (κ1) is 14.4. The predicted molar refractivity (Wildman–Crippen MR) is 76.9 cm³/mol. The smallest absolute Gasteiger partial charge is 0.257 e. The zero-order valence-electron chi connectivity index (χ0n) is 12.0. The minimum Gasteiger partial charge on any atom is -0.466 e. The third-order valence-electron chi connectivity index (χ3n) is 4.08. The van der Waals surface area contributed by atoms with Crippen molar-refractivity contribution in [2.75, 3.05) is 12.4 Å². The van der Waals surface area contributed by atoms with Crippen LogP contribution in [0, 0.1) is 20.8 Å². The molecule has 3 nitrogen and oxygen atoms in total. The number of furan rings is 1. The normalized spacial score (nSPS) is 15.4. The van der Waals surface area contributed by atoms with Gasteiger partial charge in [-0.2, -0.15) is 0 Å². The van der Waals surface area contributed by atoms with Crippen molar-refractivity contribution in [2.24, 2.45) is 0 Å². The summed E-state index contributed by atoms with van der Waals surface area (Å²) in [5.41, 5.74) is 1.72. The maximum absolute atomic E-state index is 12.8. The first-order valence-corrected chi connectivity index (χ1v) is 7.53. The summed E-state index contributed by atoms with van der Waals surface area (Å²) in [5.74, 6) is 2.28. The van der Waals surface area contributed by atoms with E-state index in [-0.39, 0.29) is 5.91 Å². The number of halogens is 1.